The highest BCUT2D eigenvalue weighted by molar-refractivity contribution is 6.01. The third-order valence-electron chi connectivity index (χ3n) is 4.33. The molecule has 26 heavy (non-hydrogen) atoms. The molecule has 1 heterocycles. The highest BCUT2D eigenvalue weighted by atomic mass is 16.2. The zero-order valence-corrected chi connectivity index (χ0v) is 15.8. The first kappa shape index (κ1) is 19.4. The minimum Gasteiger partial charge on any atom is -0.347 e. The Hall–Kier alpha value is -2.89. The molecule has 0 bridgehead atoms. The SMILES string of the molecule is C=CC(=O)N(C)c1ccc(C(=O)NC(Cn2ccnc2)C(C)(C)C)cc1. The van der Waals surface area contributed by atoms with Crippen molar-refractivity contribution in [3.8, 4) is 0 Å². The van der Waals surface area contributed by atoms with E-state index < -0.39 is 0 Å². The van der Waals surface area contributed by atoms with Crippen molar-refractivity contribution in [3.05, 3.63) is 61.2 Å². The molecule has 1 N–H and O–H groups in total. The van der Waals surface area contributed by atoms with Gasteiger partial charge in [-0.1, -0.05) is 27.4 Å². The molecule has 0 spiro atoms. The van der Waals surface area contributed by atoms with Crippen LogP contribution in [-0.2, 0) is 11.3 Å². The fraction of sp³-hybridized carbons (Fsp3) is 0.350. The van der Waals surface area contributed by atoms with E-state index in [-0.39, 0.29) is 23.3 Å². The average molecular weight is 354 g/mol. The first-order chi connectivity index (χ1) is 12.2. The number of anilines is 1. The van der Waals surface area contributed by atoms with E-state index in [2.05, 4.69) is 37.7 Å². The number of carbonyl (C=O) groups excluding carboxylic acids is 2. The molecule has 0 aliphatic rings. The average Bonchev–Trinajstić information content (AvgIpc) is 3.12. The molecular formula is C20H26N4O2. The number of hydrogen-bond donors (Lipinski definition) is 1. The van der Waals surface area contributed by atoms with Gasteiger partial charge in [0.15, 0.2) is 0 Å². The second-order valence-corrected chi connectivity index (χ2v) is 7.30. The van der Waals surface area contributed by atoms with Gasteiger partial charge in [0.05, 0.1) is 12.4 Å². The molecule has 6 heteroatoms. The third kappa shape index (κ3) is 4.81. The van der Waals surface area contributed by atoms with Gasteiger partial charge in [-0.15, -0.1) is 0 Å². The van der Waals surface area contributed by atoms with Crippen molar-refractivity contribution < 1.29 is 9.59 Å². The number of benzene rings is 1. The molecule has 138 valence electrons. The number of nitrogens with one attached hydrogen (secondary N) is 1. The number of aromatic nitrogens is 2. The van der Waals surface area contributed by atoms with Gasteiger partial charge in [-0.25, -0.2) is 4.98 Å². The largest absolute Gasteiger partial charge is 0.347 e. The highest BCUT2D eigenvalue weighted by Gasteiger charge is 2.27. The Bertz CT molecular complexity index is 758. The lowest BCUT2D eigenvalue weighted by Gasteiger charge is -2.32. The number of imidazole rings is 1. The van der Waals surface area contributed by atoms with E-state index in [1.165, 1.54) is 11.0 Å². The predicted octanol–water partition coefficient (Wildman–Crippen LogP) is 2.88. The molecule has 2 amide bonds. The van der Waals surface area contributed by atoms with E-state index in [1.807, 2.05) is 10.8 Å². The minimum absolute atomic E-state index is 0.0612. The molecule has 0 aliphatic carbocycles. The summed E-state index contributed by atoms with van der Waals surface area (Å²) >= 11 is 0. The maximum Gasteiger partial charge on any atom is 0.251 e. The van der Waals surface area contributed by atoms with Gasteiger partial charge in [0.25, 0.3) is 5.91 Å². The molecule has 0 fully saturated rings. The van der Waals surface area contributed by atoms with E-state index in [1.54, 1.807) is 43.8 Å². The van der Waals surface area contributed by atoms with Gasteiger partial charge in [0, 0.05) is 37.2 Å². The first-order valence-electron chi connectivity index (χ1n) is 8.49. The van der Waals surface area contributed by atoms with Crippen LogP contribution >= 0.6 is 0 Å². The Morgan fingerprint density at radius 2 is 1.96 bits per heavy atom. The molecule has 1 aromatic heterocycles. The first-order valence-corrected chi connectivity index (χ1v) is 8.49. The number of hydrogen-bond acceptors (Lipinski definition) is 3. The summed E-state index contributed by atoms with van der Waals surface area (Å²) in [4.78, 5) is 29.9. The normalized spacial score (nSPS) is 12.3. The van der Waals surface area contributed by atoms with Gasteiger partial charge in [0.2, 0.25) is 5.91 Å². The maximum absolute atomic E-state index is 12.7. The van der Waals surface area contributed by atoms with Crippen molar-refractivity contribution in [2.45, 2.75) is 33.4 Å². The van der Waals surface area contributed by atoms with Gasteiger partial charge < -0.3 is 14.8 Å². The standard InChI is InChI=1S/C20H26N4O2/c1-6-18(25)23(5)16-9-7-15(8-10-16)19(26)22-17(20(2,3)4)13-24-12-11-21-14-24/h6-12,14,17H,1,13H2,2-5H3,(H,22,26). The van der Waals surface area contributed by atoms with Gasteiger partial charge in [-0.05, 0) is 35.8 Å². The number of nitrogens with zero attached hydrogens (tertiary/aromatic N) is 3. The van der Waals surface area contributed by atoms with Crippen LogP contribution in [0.2, 0.25) is 0 Å². The van der Waals surface area contributed by atoms with Crippen LogP contribution in [0.1, 0.15) is 31.1 Å². The van der Waals surface area contributed by atoms with Gasteiger partial charge in [0.1, 0.15) is 0 Å². The third-order valence-corrected chi connectivity index (χ3v) is 4.33. The van der Waals surface area contributed by atoms with Gasteiger partial charge in [-0.2, -0.15) is 0 Å². The van der Waals surface area contributed by atoms with Crippen molar-refractivity contribution in [1.29, 1.82) is 0 Å². The summed E-state index contributed by atoms with van der Waals surface area (Å²) in [6.07, 6.45) is 6.60. The van der Waals surface area contributed by atoms with Crippen LogP contribution in [0.3, 0.4) is 0 Å². The molecule has 2 rings (SSSR count). The summed E-state index contributed by atoms with van der Waals surface area (Å²) in [5.74, 6) is -0.343. The van der Waals surface area contributed by atoms with Crippen molar-refractivity contribution >= 4 is 17.5 Å². The molecule has 0 radical (unpaired) electrons. The summed E-state index contributed by atoms with van der Waals surface area (Å²) in [6, 6.07) is 6.87. The topological polar surface area (TPSA) is 67.2 Å². The summed E-state index contributed by atoms with van der Waals surface area (Å²) in [6.45, 7) is 10.4. The monoisotopic (exact) mass is 354 g/mol. The van der Waals surface area contributed by atoms with Crippen LogP contribution in [0, 0.1) is 5.41 Å². The van der Waals surface area contributed by atoms with Gasteiger partial charge in [-0.3, -0.25) is 9.59 Å². The van der Waals surface area contributed by atoms with E-state index in [4.69, 9.17) is 0 Å². The molecule has 1 unspecified atom stereocenters. The number of amides is 2. The van der Waals surface area contributed by atoms with E-state index in [9.17, 15) is 9.59 Å². The van der Waals surface area contributed by atoms with Crippen molar-refractivity contribution in [2.24, 2.45) is 5.41 Å². The fourth-order valence-electron chi connectivity index (χ4n) is 2.48. The molecule has 1 aromatic carbocycles. The Morgan fingerprint density at radius 1 is 1.31 bits per heavy atom. The predicted molar refractivity (Wildman–Crippen MR) is 103 cm³/mol. The lowest BCUT2D eigenvalue weighted by molar-refractivity contribution is -0.113. The maximum atomic E-state index is 12.7. The van der Waals surface area contributed by atoms with Crippen molar-refractivity contribution in [2.75, 3.05) is 11.9 Å². The van der Waals surface area contributed by atoms with Crippen LogP contribution in [0.5, 0.6) is 0 Å². The Labute approximate surface area is 154 Å². The number of likely N-dealkylation sites (N-methyl/N-ethyl adjacent to an activating group) is 1. The van der Waals surface area contributed by atoms with E-state index in [0.29, 0.717) is 17.8 Å². The molecule has 1 atom stereocenters. The summed E-state index contributed by atoms with van der Waals surface area (Å²) in [5, 5.41) is 3.11. The lowest BCUT2D eigenvalue weighted by atomic mass is 9.86. The van der Waals surface area contributed by atoms with Crippen LogP contribution in [0.4, 0.5) is 5.69 Å². The fourth-order valence-corrected chi connectivity index (χ4v) is 2.48. The Balaban J connectivity index is 2.11. The smallest absolute Gasteiger partial charge is 0.251 e. The van der Waals surface area contributed by atoms with E-state index >= 15 is 0 Å². The summed E-state index contributed by atoms with van der Waals surface area (Å²) < 4.78 is 1.95. The molecular weight excluding hydrogens is 328 g/mol. The lowest BCUT2D eigenvalue weighted by Crippen LogP contribution is -2.46. The number of rotatable bonds is 6. The summed E-state index contributed by atoms with van der Waals surface area (Å²) in [5.41, 5.74) is 1.14. The zero-order chi connectivity index (χ0) is 19.3. The van der Waals surface area contributed by atoms with Crippen LogP contribution in [0.25, 0.3) is 0 Å². The van der Waals surface area contributed by atoms with Crippen LogP contribution in [-0.4, -0.2) is 34.5 Å². The molecule has 0 saturated carbocycles. The van der Waals surface area contributed by atoms with Crippen molar-refractivity contribution in [1.82, 2.24) is 14.9 Å². The minimum atomic E-state index is -0.199. The Morgan fingerprint density at radius 3 is 2.46 bits per heavy atom. The second kappa shape index (κ2) is 7.99. The molecule has 2 aromatic rings. The van der Waals surface area contributed by atoms with Crippen molar-refractivity contribution in [3.63, 3.8) is 0 Å². The van der Waals surface area contributed by atoms with Crippen LogP contribution in [0.15, 0.2) is 55.6 Å². The van der Waals surface area contributed by atoms with Crippen LogP contribution < -0.4 is 10.2 Å². The highest BCUT2D eigenvalue weighted by Crippen LogP contribution is 2.22. The van der Waals surface area contributed by atoms with Gasteiger partial charge >= 0.3 is 0 Å². The zero-order valence-electron chi connectivity index (χ0n) is 15.8. The number of carbonyl (C=O) groups is 2. The van der Waals surface area contributed by atoms with E-state index in [0.717, 1.165) is 0 Å². The Kier molecular flexibility index (Phi) is 5.97. The molecule has 6 nitrogen and oxygen atoms in total. The molecule has 0 saturated heterocycles. The molecule has 0 aliphatic heterocycles. The quantitative estimate of drug-likeness (QED) is 0.811. The summed E-state index contributed by atoms with van der Waals surface area (Å²) in [7, 11) is 1.67. The second-order valence-electron chi connectivity index (χ2n) is 7.30.